The number of esters is 1. The first kappa shape index (κ1) is 14.7. The molecule has 0 radical (unpaired) electrons. The van der Waals surface area contributed by atoms with Crippen LogP contribution in [0.1, 0.15) is 39.0 Å². The van der Waals surface area contributed by atoms with Crippen molar-refractivity contribution in [2.45, 2.75) is 62.4 Å². The van der Waals surface area contributed by atoms with Crippen LogP contribution in [0.2, 0.25) is 0 Å². The van der Waals surface area contributed by atoms with Crippen molar-refractivity contribution in [3.05, 3.63) is 12.2 Å². The van der Waals surface area contributed by atoms with Gasteiger partial charge in [0.05, 0.1) is 17.6 Å². The monoisotopic (exact) mass is 346 g/mol. The average Bonchev–Trinajstić information content (AvgIpc) is 3.16. The van der Waals surface area contributed by atoms with Crippen LogP contribution in [-0.2, 0) is 19.1 Å². The molecule has 2 aliphatic heterocycles. The van der Waals surface area contributed by atoms with E-state index in [4.69, 9.17) is 9.47 Å². The van der Waals surface area contributed by atoms with E-state index in [1.54, 1.807) is 0 Å². The SMILES string of the molecule is C=C1C[C@]23C[C@@]1(O)CC[C@H]2[C@@]12C[C@@H]4O[C@@H]4[C@](C)(C(=O)O1)[C@H]2[C@@H]3C(=O)O. The Morgan fingerprint density at radius 1 is 1.40 bits per heavy atom. The molecule has 2 saturated heterocycles. The van der Waals surface area contributed by atoms with Crippen LogP contribution >= 0.6 is 0 Å². The van der Waals surface area contributed by atoms with E-state index in [-0.39, 0.29) is 30.0 Å². The molecular weight excluding hydrogens is 324 g/mol. The van der Waals surface area contributed by atoms with Crippen molar-refractivity contribution in [1.82, 2.24) is 0 Å². The Kier molecular flexibility index (Phi) is 2.16. The lowest BCUT2D eigenvalue weighted by molar-refractivity contribution is -0.165. The summed E-state index contributed by atoms with van der Waals surface area (Å²) in [5, 5.41) is 21.2. The minimum absolute atomic E-state index is 0.00251. The molecule has 0 amide bonds. The van der Waals surface area contributed by atoms with E-state index in [0.717, 1.165) is 5.57 Å². The summed E-state index contributed by atoms with van der Waals surface area (Å²) >= 11 is 0. The molecule has 0 aromatic carbocycles. The molecule has 2 heterocycles. The van der Waals surface area contributed by atoms with E-state index in [9.17, 15) is 19.8 Å². The Hall–Kier alpha value is -1.40. The van der Waals surface area contributed by atoms with Crippen LogP contribution in [0.4, 0.5) is 0 Å². The molecule has 2 N–H and O–H groups in total. The van der Waals surface area contributed by atoms with Gasteiger partial charge in [0.2, 0.25) is 0 Å². The van der Waals surface area contributed by atoms with Gasteiger partial charge in [-0.3, -0.25) is 9.59 Å². The normalized spacial score (nSPS) is 62.9. The fraction of sp³-hybridized carbons (Fsp3) is 0.789. The minimum Gasteiger partial charge on any atom is -0.481 e. The third-order valence-corrected chi connectivity index (χ3v) is 8.76. The molecular formula is C19H22O6. The van der Waals surface area contributed by atoms with E-state index in [2.05, 4.69) is 6.58 Å². The molecule has 1 spiro atoms. The lowest BCUT2D eigenvalue weighted by Crippen LogP contribution is -2.50. The van der Waals surface area contributed by atoms with Crippen LogP contribution < -0.4 is 0 Å². The lowest BCUT2D eigenvalue weighted by atomic mass is 9.60. The maximum Gasteiger partial charge on any atom is 0.315 e. The molecule has 4 saturated carbocycles. The van der Waals surface area contributed by atoms with Crippen molar-refractivity contribution in [2.24, 2.45) is 28.6 Å². The van der Waals surface area contributed by atoms with E-state index < -0.39 is 33.9 Å². The number of aliphatic hydroxyl groups is 1. The van der Waals surface area contributed by atoms with Gasteiger partial charge in [-0.25, -0.2) is 0 Å². The summed E-state index contributed by atoms with van der Waals surface area (Å²) in [6.45, 7) is 5.91. The Morgan fingerprint density at radius 2 is 2.16 bits per heavy atom. The Balaban J connectivity index is 1.61. The molecule has 6 fully saturated rings. The number of epoxide rings is 1. The number of fused-ring (bicyclic) bond motifs is 3. The second-order valence-electron chi connectivity index (χ2n) is 9.53. The summed E-state index contributed by atoms with van der Waals surface area (Å²) in [7, 11) is 0. The third kappa shape index (κ3) is 1.25. The van der Waals surface area contributed by atoms with Gasteiger partial charge in [-0.15, -0.1) is 0 Å². The first-order valence-electron chi connectivity index (χ1n) is 9.21. The molecule has 6 aliphatic rings. The predicted octanol–water partition coefficient (Wildman–Crippen LogP) is 1.27. The van der Waals surface area contributed by atoms with Gasteiger partial charge in [0.1, 0.15) is 17.1 Å². The van der Waals surface area contributed by atoms with Crippen LogP contribution in [0.3, 0.4) is 0 Å². The summed E-state index contributed by atoms with van der Waals surface area (Å²) in [5.41, 5.74) is -2.40. The second kappa shape index (κ2) is 3.67. The summed E-state index contributed by atoms with van der Waals surface area (Å²) in [6.07, 6.45) is 2.59. The first-order chi connectivity index (χ1) is 11.7. The summed E-state index contributed by atoms with van der Waals surface area (Å²) in [6, 6.07) is 0. The highest BCUT2D eigenvalue weighted by Gasteiger charge is 2.88. The van der Waals surface area contributed by atoms with Crippen molar-refractivity contribution < 1.29 is 29.3 Å². The van der Waals surface area contributed by atoms with Gasteiger partial charge >= 0.3 is 11.9 Å². The highest BCUT2D eigenvalue weighted by molar-refractivity contribution is 5.86. The number of ether oxygens (including phenoxy) is 2. The quantitative estimate of drug-likeness (QED) is 0.422. The molecule has 0 unspecified atom stereocenters. The maximum absolute atomic E-state index is 12.8. The Bertz CT molecular complexity index is 776. The van der Waals surface area contributed by atoms with Gasteiger partial charge in [-0.1, -0.05) is 6.58 Å². The van der Waals surface area contributed by atoms with Crippen molar-refractivity contribution in [1.29, 1.82) is 0 Å². The van der Waals surface area contributed by atoms with Crippen LogP contribution in [-0.4, -0.2) is 45.6 Å². The number of hydrogen-bond acceptors (Lipinski definition) is 5. The summed E-state index contributed by atoms with van der Waals surface area (Å²) in [4.78, 5) is 25.3. The Morgan fingerprint density at radius 3 is 2.88 bits per heavy atom. The molecule has 9 atom stereocenters. The zero-order valence-corrected chi connectivity index (χ0v) is 14.2. The molecule has 4 aliphatic carbocycles. The van der Waals surface area contributed by atoms with Crippen molar-refractivity contribution in [2.75, 3.05) is 0 Å². The highest BCUT2D eigenvalue weighted by atomic mass is 16.6. The van der Waals surface area contributed by atoms with Crippen LogP contribution in [0.25, 0.3) is 0 Å². The Labute approximate surface area is 145 Å². The standard InChI is InChI=1S/C19H22O6/c1-8-5-17-7-18(8,23)4-3-10(17)19-6-9-13(24-9)16(2,15(22)25-19)12(19)11(17)14(20)21/h9-13,23H,1,3-7H2,2H3,(H,20,21)/t9-,10+,11+,12+,13-,16+,17-,18-,19+/m0/s1. The molecule has 6 nitrogen and oxygen atoms in total. The molecule has 6 heteroatoms. The van der Waals surface area contributed by atoms with E-state index >= 15 is 0 Å². The maximum atomic E-state index is 12.8. The molecule has 0 aromatic rings. The van der Waals surface area contributed by atoms with Crippen molar-refractivity contribution >= 4 is 11.9 Å². The highest BCUT2D eigenvalue weighted by Crippen LogP contribution is 2.80. The lowest BCUT2D eigenvalue weighted by Gasteiger charge is -2.45. The molecule has 6 rings (SSSR count). The van der Waals surface area contributed by atoms with E-state index in [1.807, 2.05) is 6.92 Å². The van der Waals surface area contributed by atoms with Crippen LogP contribution in [0.5, 0.6) is 0 Å². The minimum atomic E-state index is -0.960. The number of aliphatic carboxylic acids is 1. The van der Waals surface area contributed by atoms with Gasteiger partial charge in [-0.2, -0.15) is 0 Å². The van der Waals surface area contributed by atoms with Gasteiger partial charge in [0.15, 0.2) is 0 Å². The van der Waals surface area contributed by atoms with Crippen molar-refractivity contribution in [3.63, 3.8) is 0 Å². The smallest absolute Gasteiger partial charge is 0.315 e. The predicted molar refractivity (Wildman–Crippen MR) is 83.3 cm³/mol. The van der Waals surface area contributed by atoms with Gasteiger partial charge in [0, 0.05) is 18.3 Å². The van der Waals surface area contributed by atoms with Gasteiger partial charge < -0.3 is 19.7 Å². The van der Waals surface area contributed by atoms with Gasteiger partial charge in [-0.05, 0) is 43.6 Å². The summed E-state index contributed by atoms with van der Waals surface area (Å²) < 4.78 is 11.9. The number of carbonyl (C=O) groups is 2. The second-order valence-corrected chi connectivity index (χ2v) is 9.53. The fourth-order valence-corrected chi connectivity index (χ4v) is 8.00. The first-order valence-corrected chi connectivity index (χ1v) is 9.21. The molecule has 4 bridgehead atoms. The zero-order chi connectivity index (χ0) is 17.6. The molecule has 25 heavy (non-hydrogen) atoms. The third-order valence-electron chi connectivity index (χ3n) is 8.76. The van der Waals surface area contributed by atoms with Crippen LogP contribution in [0.15, 0.2) is 12.2 Å². The largest absolute Gasteiger partial charge is 0.481 e. The van der Waals surface area contributed by atoms with Gasteiger partial charge in [0.25, 0.3) is 0 Å². The number of rotatable bonds is 1. The average molecular weight is 346 g/mol. The zero-order valence-electron chi connectivity index (χ0n) is 14.2. The topological polar surface area (TPSA) is 96.4 Å². The summed E-state index contributed by atoms with van der Waals surface area (Å²) in [5.74, 6) is -2.29. The number of carbonyl (C=O) groups excluding carboxylic acids is 1. The van der Waals surface area contributed by atoms with Crippen LogP contribution in [0, 0.1) is 28.6 Å². The number of carboxylic acid groups (broad SMARTS) is 1. The number of hydrogen-bond donors (Lipinski definition) is 2. The number of carboxylic acids is 1. The van der Waals surface area contributed by atoms with E-state index in [1.165, 1.54) is 0 Å². The fourth-order valence-electron chi connectivity index (χ4n) is 8.00. The van der Waals surface area contributed by atoms with Crippen molar-refractivity contribution in [3.8, 4) is 0 Å². The van der Waals surface area contributed by atoms with E-state index in [0.29, 0.717) is 32.1 Å². The molecule has 134 valence electrons. The molecule has 0 aromatic heterocycles.